The van der Waals surface area contributed by atoms with Crippen molar-refractivity contribution in [3.63, 3.8) is 0 Å². The second-order valence-electron chi connectivity index (χ2n) is 3.47. The number of methoxy groups -OCH3 is 2. The summed E-state index contributed by atoms with van der Waals surface area (Å²) < 4.78 is 8.62. The Labute approximate surface area is 126 Å². The molecule has 0 saturated carbocycles. The molecule has 0 saturated heterocycles. The van der Waals surface area contributed by atoms with E-state index in [0.29, 0.717) is 0 Å². The van der Waals surface area contributed by atoms with Crippen molar-refractivity contribution in [1.29, 1.82) is 0 Å². The summed E-state index contributed by atoms with van der Waals surface area (Å²) in [5.41, 5.74) is 0.0966. The van der Waals surface area contributed by atoms with Gasteiger partial charge >= 0.3 is 11.9 Å². The molecule has 4 heteroatoms. The molecular formula is C17H22O4. The van der Waals surface area contributed by atoms with Gasteiger partial charge in [0.2, 0.25) is 0 Å². The second-order valence-corrected chi connectivity index (χ2v) is 3.47. The third-order valence-corrected chi connectivity index (χ3v) is 1.89. The van der Waals surface area contributed by atoms with Crippen LogP contribution in [-0.2, 0) is 19.1 Å². The number of esters is 2. The molecule has 0 unspecified atom stereocenters. The molecule has 0 N–H and O–H groups in total. The van der Waals surface area contributed by atoms with Crippen LogP contribution in [0.2, 0.25) is 0 Å². The van der Waals surface area contributed by atoms with Crippen molar-refractivity contribution in [2.75, 3.05) is 14.2 Å². The largest absolute Gasteiger partial charge is 0.469 e. The molecular weight excluding hydrogens is 268 g/mol. The summed E-state index contributed by atoms with van der Waals surface area (Å²) >= 11 is 0. The molecule has 0 aliphatic carbocycles. The smallest absolute Gasteiger partial charge is 0.333 e. The zero-order chi connectivity index (χ0) is 16.5. The Morgan fingerprint density at radius 1 is 0.905 bits per heavy atom. The number of hydrogen-bond acceptors (Lipinski definition) is 4. The van der Waals surface area contributed by atoms with Crippen molar-refractivity contribution < 1.29 is 19.1 Å². The molecule has 4 nitrogen and oxygen atoms in total. The molecule has 0 bridgehead atoms. The number of ether oxygens (including phenoxy) is 2. The fraction of sp³-hybridized carbons (Fsp3) is 0.176. The van der Waals surface area contributed by atoms with Crippen LogP contribution in [0.3, 0.4) is 0 Å². The molecule has 0 fully saturated rings. The summed E-state index contributed by atoms with van der Waals surface area (Å²) in [6.07, 6.45) is 3.16. The van der Waals surface area contributed by atoms with Gasteiger partial charge in [0.1, 0.15) is 0 Å². The van der Waals surface area contributed by atoms with Crippen LogP contribution in [0.4, 0.5) is 0 Å². The quantitative estimate of drug-likeness (QED) is 0.485. The second kappa shape index (κ2) is 15.4. The zero-order valence-corrected chi connectivity index (χ0v) is 12.6. The van der Waals surface area contributed by atoms with E-state index in [-0.39, 0.29) is 12.0 Å². The minimum atomic E-state index is -0.588. The van der Waals surface area contributed by atoms with Gasteiger partial charge in [-0.25, -0.2) is 4.79 Å². The summed E-state index contributed by atoms with van der Waals surface area (Å²) in [4.78, 5) is 21.2. The summed E-state index contributed by atoms with van der Waals surface area (Å²) in [6, 6.07) is 12.0. The Bertz CT molecular complexity index is 403. The number of carbonyl (C=O) groups is 2. The van der Waals surface area contributed by atoms with Gasteiger partial charge in [0.15, 0.2) is 0 Å². The highest BCUT2D eigenvalue weighted by Crippen LogP contribution is 2.00. The topological polar surface area (TPSA) is 52.6 Å². The SMILES string of the molecule is C=C(CC(=O)OC)C(=O)OC.C=CC=C.c1ccccc1. The highest BCUT2D eigenvalue weighted by Gasteiger charge is 2.11. The summed E-state index contributed by atoms with van der Waals surface area (Å²) in [6.45, 7) is 10.1. The molecule has 0 aromatic heterocycles. The molecule has 0 aliphatic heterocycles. The summed E-state index contributed by atoms with van der Waals surface area (Å²) in [5.74, 6) is -1.09. The maximum atomic E-state index is 10.6. The molecule has 114 valence electrons. The molecule has 0 spiro atoms. The fourth-order valence-corrected chi connectivity index (χ4v) is 0.848. The molecule has 1 aromatic rings. The lowest BCUT2D eigenvalue weighted by atomic mass is 10.2. The van der Waals surface area contributed by atoms with Crippen LogP contribution in [-0.4, -0.2) is 26.2 Å². The van der Waals surface area contributed by atoms with Crippen LogP contribution in [0.5, 0.6) is 0 Å². The van der Waals surface area contributed by atoms with Crippen molar-refractivity contribution in [2.45, 2.75) is 6.42 Å². The van der Waals surface area contributed by atoms with Crippen molar-refractivity contribution in [3.05, 3.63) is 73.9 Å². The average Bonchev–Trinajstić information content (AvgIpc) is 2.56. The summed E-state index contributed by atoms with van der Waals surface area (Å²) in [7, 11) is 2.47. The maximum absolute atomic E-state index is 10.6. The molecule has 0 amide bonds. The van der Waals surface area contributed by atoms with Gasteiger partial charge in [-0.2, -0.15) is 0 Å². The van der Waals surface area contributed by atoms with Gasteiger partial charge in [0.05, 0.1) is 20.6 Å². The van der Waals surface area contributed by atoms with E-state index in [1.54, 1.807) is 12.2 Å². The Kier molecular flexibility index (Phi) is 15.2. The predicted octanol–water partition coefficient (Wildman–Crippen LogP) is 3.32. The average molecular weight is 290 g/mol. The number of allylic oxidation sites excluding steroid dienone is 2. The zero-order valence-electron chi connectivity index (χ0n) is 12.6. The first-order valence-electron chi connectivity index (χ1n) is 6.09. The first-order chi connectivity index (χ1) is 10.0. The minimum Gasteiger partial charge on any atom is -0.469 e. The first-order valence-corrected chi connectivity index (χ1v) is 6.09. The number of rotatable bonds is 4. The lowest BCUT2D eigenvalue weighted by Gasteiger charge is -2.00. The van der Waals surface area contributed by atoms with E-state index in [4.69, 9.17) is 0 Å². The highest BCUT2D eigenvalue weighted by atomic mass is 16.5. The van der Waals surface area contributed by atoms with Crippen LogP contribution >= 0.6 is 0 Å². The van der Waals surface area contributed by atoms with E-state index in [1.165, 1.54) is 14.2 Å². The van der Waals surface area contributed by atoms with Crippen LogP contribution in [0.1, 0.15) is 6.42 Å². The molecule has 0 atom stereocenters. The van der Waals surface area contributed by atoms with E-state index in [1.807, 2.05) is 36.4 Å². The lowest BCUT2D eigenvalue weighted by molar-refractivity contribution is -0.143. The van der Waals surface area contributed by atoms with Gasteiger partial charge in [0.25, 0.3) is 0 Å². The molecule has 1 aromatic carbocycles. The maximum Gasteiger partial charge on any atom is 0.333 e. The lowest BCUT2D eigenvalue weighted by Crippen LogP contribution is -2.09. The van der Waals surface area contributed by atoms with E-state index in [9.17, 15) is 9.59 Å². The van der Waals surface area contributed by atoms with Crippen molar-refractivity contribution in [2.24, 2.45) is 0 Å². The third kappa shape index (κ3) is 15.3. The van der Waals surface area contributed by atoms with Crippen molar-refractivity contribution in [1.82, 2.24) is 0 Å². The minimum absolute atomic E-state index is 0.0966. The van der Waals surface area contributed by atoms with Gasteiger partial charge in [-0.15, -0.1) is 0 Å². The normalized spacial score (nSPS) is 7.71. The fourth-order valence-electron chi connectivity index (χ4n) is 0.848. The third-order valence-electron chi connectivity index (χ3n) is 1.89. The summed E-state index contributed by atoms with van der Waals surface area (Å²) in [5, 5.41) is 0. The van der Waals surface area contributed by atoms with Crippen molar-refractivity contribution in [3.8, 4) is 0 Å². The van der Waals surface area contributed by atoms with Crippen LogP contribution in [0.15, 0.2) is 73.9 Å². The van der Waals surface area contributed by atoms with E-state index in [2.05, 4.69) is 29.2 Å². The van der Waals surface area contributed by atoms with Gasteiger partial charge in [0, 0.05) is 5.57 Å². The van der Waals surface area contributed by atoms with Gasteiger partial charge in [-0.05, 0) is 0 Å². The standard InChI is InChI=1S/C7H10O4.C6H6.C4H6/c1-5(7(9)11-3)4-6(8)10-2;1-2-4-6-5-3-1;1-3-4-2/h1,4H2,2-3H3;1-6H;3-4H,1-2H2. The van der Waals surface area contributed by atoms with Crippen LogP contribution < -0.4 is 0 Å². The number of carbonyl (C=O) groups excluding carboxylic acids is 2. The van der Waals surface area contributed by atoms with Gasteiger partial charge in [-0.3, -0.25) is 4.79 Å². The Morgan fingerprint density at radius 3 is 1.52 bits per heavy atom. The van der Waals surface area contributed by atoms with Crippen molar-refractivity contribution >= 4 is 11.9 Å². The Balaban J connectivity index is 0. The first kappa shape index (κ1) is 20.7. The monoisotopic (exact) mass is 290 g/mol. The molecule has 1 rings (SSSR count). The molecule has 0 heterocycles. The highest BCUT2D eigenvalue weighted by molar-refractivity contribution is 5.93. The Morgan fingerprint density at radius 2 is 1.29 bits per heavy atom. The van der Waals surface area contributed by atoms with Gasteiger partial charge in [-0.1, -0.05) is 68.3 Å². The molecule has 0 aliphatic rings. The van der Waals surface area contributed by atoms with Crippen LogP contribution in [0.25, 0.3) is 0 Å². The number of hydrogen-bond donors (Lipinski definition) is 0. The number of benzene rings is 1. The van der Waals surface area contributed by atoms with E-state index < -0.39 is 11.9 Å². The van der Waals surface area contributed by atoms with Crippen LogP contribution in [0, 0.1) is 0 Å². The molecule has 0 radical (unpaired) electrons. The molecule has 21 heavy (non-hydrogen) atoms. The Hall–Kier alpha value is -2.62. The predicted molar refractivity (Wildman–Crippen MR) is 84.6 cm³/mol. The van der Waals surface area contributed by atoms with E-state index >= 15 is 0 Å². The van der Waals surface area contributed by atoms with Gasteiger partial charge < -0.3 is 9.47 Å². The van der Waals surface area contributed by atoms with E-state index in [0.717, 1.165) is 0 Å².